The van der Waals surface area contributed by atoms with Crippen molar-refractivity contribution in [3.05, 3.63) is 76.1 Å². The molecule has 0 spiro atoms. The van der Waals surface area contributed by atoms with E-state index in [1.54, 1.807) is 65.7 Å². The van der Waals surface area contributed by atoms with Crippen LogP contribution in [0.2, 0.25) is 5.02 Å². The van der Waals surface area contributed by atoms with Crippen molar-refractivity contribution in [1.82, 2.24) is 19.6 Å². The molecular formula is C29H34ClN5O5. The van der Waals surface area contributed by atoms with Gasteiger partial charge in [-0.1, -0.05) is 29.8 Å². The Morgan fingerprint density at radius 3 is 2.50 bits per heavy atom. The first kappa shape index (κ1) is 28.9. The predicted octanol–water partition coefficient (Wildman–Crippen LogP) is 4.85. The number of amides is 3. The van der Waals surface area contributed by atoms with Gasteiger partial charge >= 0.3 is 6.09 Å². The fraction of sp³-hybridized carbons (Fsp3) is 0.379. The summed E-state index contributed by atoms with van der Waals surface area (Å²) in [6, 6.07) is 12.2. The Kier molecular flexibility index (Phi) is 9.31. The number of rotatable bonds is 8. The number of aryl methyl sites for hydroxylation is 2. The lowest BCUT2D eigenvalue weighted by Crippen LogP contribution is -2.52. The number of aromatic nitrogens is 2. The summed E-state index contributed by atoms with van der Waals surface area (Å²) in [5.74, 6) is 0.182. The van der Waals surface area contributed by atoms with Gasteiger partial charge in [-0.2, -0.15) is 5.10 Å². The minimum Gasteiger partial charge on any atom is -0.487 e. The lowest BCUT2D eigenvalue weighted by molar-refractivity contribution is -0.136. The second kappa shape index (κ2) is 12.9. The molecule has 10 nitrogen and oxygen atoms in total. The highest BCUT2D eigenvalue weighted by Gasteiger charge is 2.29. The Morgan fingerprint density at radius 2 is 1.77 bits per heavy atom. The van der Waals surface area contributed by atoms with E-state index in [1.165, 1.54) is 0 Å². The number of piperazine rings is 1. The van der Waals surface area contributed by atoms with Crippen molar-refractivity contribution >= 4 is 35.2 Å². The third-order valence-corrected chi connectivity index (χ3v) is 7.02. The Bertz CT molecular complexity index is 1380. The van der Waals surface area contributed by atoms with Crippen molar-refractivity contribution in [2.75, 3.05) is 38.1 Å². The number of ether oxygens (including phenoxy) is 2. The van der Waals surface area contributed by atoms with E-state index in [2.05, 4.69) is 10.4 Å². The van der Waals surface area contributed by atoms with Gasteiger partial charge in [0.2, 0.25) is 5.91 Å². The molecule has 2 aromatic carbocycles. The lowest BCUT2D eigenvalue weighted by atomic mass is 10.1. The maximum Gasteiger partial charge on any atom is 0.409 e. The van der Waals surface area contributed by atoms with Crippen LogP contribution in [0.1, 0.15) is 47.1 Å². The van der Waals surface area contributed by atoms with Gasteiger partial charge in [-0.25, -0.2) is 4.79 Å². The Labute approximate surface area is 238 Å². The van der Waals surface area contributed by atoms with Crippen LogP contribution in [0.5, 0.6) is 5.75 Å². The molecule has 1 saturated heterocycles. The van der Waals surface area contributed by atoms with E-state index in [0.717, 1.165) is 11.1 Å². The highest BCUT2D eigenvalue weighted by Crippen LogP contribution is 2.26. The molecule has 1 fully saturated rings. The lowest BCUT2D eigenvalue weighted by Gasteiger charge is -2.35. The number of nitrogens with zero attached hydrogens (tertiary/aromatic N) is 4. The minimum absolute atomic E-state index is 0.106. The zero-order valence-corrected chi connectivity index (χ0v) is 23.9. The van der Waals surface area contributed by atoms with E-state index in [1.807, 2.05) is 25.1 Å². The van der Waals surface area contributed by atoms with Crippen molar-refractivity contribution in [2.24, 2.45) is 0 Å². The third kappa shape index (κ3) is 6.93. The van der Waals surface area contributed by atoms with E-state index in [0.29, 0.717) is 60.5 Å². The molecule has 11 heteroatoms. The van der Waals surface area contributed by atoms with E-state index in [-0.39, 0.29) is 24.5 Å². The van der Waals surface area contributed by atoms with E-state index >= 15 is 0 Å². The summed E-state index contributed by atoms with van der Waals surface area (Å²) < 4.78 is 12.5. The maximum atomic E-state index is 13.1. The van der Waals surface area contributed by atoms with E-state index in [4.69, 9.17) is 21.1 Å². The second-order valence-electron chi connectivity index (χ2n) is 9.67. The Morgan fingerprint density at radius 1 is 1.05 bits per heavy atom. The van der Waals surface area contributed by atoms with Crippen LogP contribution in [-0.2, 0) is 16.1 Å². The molecular weight excluding hydrogens is 534 g/mol. The maximum absolute atomic E-state index is 13.1. The first-order valence-corrected chi connectivity index (χ1v) is 13.6. The van der Waals surface area contributed by atoms with Crippen molar-refractivity contribution in [1.29, 1.82) is 0 Å². The fourth-order valence-corrected chi connectivity index (χ4v) is 4.56. The number of benzene rings is 2. The standard InChI is InChI=1S/C29H34ClN5O5/c1-5-39-29(38)34-13-11-33(12-14-34)28(37)21(4)35-17-25(20(3)32-35)31-27(36)23-8-6-7-22(16-23)18-40-26-15-19(2)9-10-24(26)30/h6-10,15-17,21H,5,11-14,18H2,1-4H3,(H,31,36). The van der Waals surface area contributed by atoms with Crippen molar-refractivity contribution in [3.8, 4) is 5.75 Å². The molecule has 40 heavy (non-hydrogen) atoms. The number of hydrogen-bond acceptors (Lipinski definition) is 6. The molecule has 1 aliphatic rings. The molecule has 1 aliphatic heterocycles. The molecule has 1 aromatic heterocycles. The van der Waals surface area contributed by atoms with Gasteiger partial charge in [-0.3, -0.25) is 14.3 Å². The number of carbonyl (C=O) groups is 3. The van der Waals surface area contributed by atoms with Gasteiger partial charge < -0.3 is 24.6 Å². The van der Waals surface area contributed by atoms with Crippen LogP contribution in [-0.4, -0.2) is 70.3 Å². The average molecular weight is 568 g/mol. The summed E-state index contributed by atoms with van der Waals surface area (Å²) in [5, 5.41) is 7.90. The van der Waals surface area contributed by atoms with Crippen LogP contribution in [0.4, 0.5) is 10.5 Å². The molecule has 4 rings (SSSR count). The summed E-state index contributed by atoms with van der Waals surface area (Å²) in [5.41, 5.74) is 3.43. The summed E-state index contributed by atoms with van der Waals surface area (Å²) in [4.78, 5) is 41.4. The number of halogens is 1. The summed E-state index contributed by atoms with van der Waals surface area (Å²) in [6.45, 7) is 9.51. The summed E-state index contributed by atoms with van der Waals surface area (Å²) >= 11 is 6.23. The van der Waals surface area contributed by atoms with Gasteiger partial charge in [0.1, 0.15) is 18.4 Å². The SMILES string of the molecule is CCOC(=O)N1CCN(C(=O)C(C)n2cc(NC(=O)c3cccc(COc4cc(C)ccc4Cl)c3)c(C)n2)CC1. The molecule has 3 amide bonds. The highest BCUT2D eigenvalue weighted by atomic mass is 35.5. The molecule has 212 valence electrons. The molecule has 2 heterocycles. The molecule has 0 aliphatic carbocycles. The van der Waals surface area contributed by atoms with E-state index in [9.17, 15) is 14.4 Å². The van der Waals surface area contributed by atoms with Gasteiger partial charge in [0.15, 0.2) is 0 Å². The van der Waals surface area contributed by atoms with Crippen LogP contribution < -0.4 is 10.1 Å². The quantitative estimate of drug-likeness (QED) is 0.417. The molecule has 1 N–H and O–H groups in total. The molecule has 1 atom stereocenters. The second-order valence-corrected chi connectivity index (χ2v) is 10.1. The number of nitrogens with one attached hydrogen (secondary N) is 1. The van der Waals surface area contributed by atoms with Crippen LogP contribution in [0.15, 0.2) is 48.7 Å². The number of carbonyl (C=O) groups excluding carboxylic acids is 3. The third-order valence-electron chi connectivity index (χ3n) is 6.71. The average Bonchev–Trinajstić information content (AvgIpc) is 3.32. The van der Waals surface area contributed by atoms with Crippen molar-refractivity contribution in [3.63, 3.8) is 0 Å². The van der Waals surface area contributed by atoms with Crippen molar-refractivity contribution in [2.45, 2.75) is 40.3 Å². The van der Waals surface area contributed by atoms with Crippen LogP contribution in [0.25, 0.3) is 0 Å². The van der Waals surface area contributed by atoms with Crippen LogP contribution in [0.3, 0.4) is 0 Å². The fourth-order valence-electron chi connectivity index (χ4n) is 4.38. The Hall–Kier alpha value is -4.05. The zero-order chi connectivity index (χ0) is 28.8. The molecule has 0 bridgehead atoms. The van der Waals surface area contributed by atoms with Gasteiger partial charge in [0.25, 0.3) is 5.91 Å². The van der Waals surface area contributed by atoms with Gasteiger partial charge in [0.05, 0.1) is 23.0 Å². The van der Waals surface area contributed by atoms with Gasteiger partial charge in [-0.05, 0) is 63.1 Å². The predicted molar refractivity (Wildman–Crippen MR) is 152 cm³/mol. The largest absolute Gasteiger partial charge is 0.487 e. The molecule has 3 aromatic rings. The van der Waals surface area contributed by atoms with Crippen LogP contribution >= 0.6 is 11.6 Å². The Balaban J connectivity index is 1.36. The summed E-state index contributed by atoms with van der Waals surface area (Å²) in [7, 11) is 0. The molecule has 1 unspecified atom stereocenters. The number of hydrogen-bond donors (Lipinski definition) is 1. The first-order chi connectivity index (χ1) is 19.2. The zero-order valence-electron chi connectivity index (χ0n) is 23.1. The highest BCUT2D eigenvalue weighted by molar-refractivity contribution is 6.32. The topological polar surface area (TPSA) is 106 Å². The van der Waals surface area contributed by atoms with Crippen molar-refractivity contribution < 1.29 is 23.9 Å². The molecule has 0 radical (unpaired) electrons. The van der Waals surface area contributed by atoms with E-state index < -0.39 is 6.04 Å². The summed E-state index contributed by atoms with van der Waals surface area (Å²) in [6.07, 6.45) is 1.30. The minimum atomic E-state index is -0.576. The normalized spacial score (nSPS) is 14.0. The monoisotopic (exact) mass is 567 g/mol. The first-order valence-electron chi connectivity index (χ1n) is 13.2. The smallest absolute Gasteiger partial charge is 0.409 e. The molecule has 0 saturated carbocycles. The van der Waals surface area contributed by atoms with Crippen LogP contribution in [0, 0.1) is 13.8 Å². The van der Waals surface area contributed by atoms with Gasteiger partial charge in [-0.15, -0.1) is 0 Å². The van der Waals surface area contributed by atoms with Gasteiger partial charge in [0, 0.05) is 37.9 Å². The number of anilines is 1.